The molecule has 0 atom stereocenters. The lowest BCUT2D eigenvalue weighted by atomic mass is 9.95. The molecule has 2 aliphatic heterocycles. The van der Waals surface area contributed by atoms with Crippen LogP contribution < -0.4 is 4.90 Å². The summed E-state index contributed by atoms with van der Waals surface area (Å²) in [5, 5.41) is 0. The molecule has 5 rings (SSSR count). The van der Waals surface area contributed by atoms with E-state index >= 15 is 0 Å². The molecule has 3 aromatic rings. The summed E-state index contributed by atoms with van der Waals surface area (Å²) >= 11 is 0. The number of hydrogen-bond acceptors (Lipinski definition) is 4. The van der Waals surface area contributed by atoms with Gasteiger partial charge in [0, 0.05) is 45.2 Å². The highest BCUT2D eigenvalue weighted by Crippen LogP contribution is 2.25. The van der Waals surface area contributed by atoms with E-state index < -0.39 is 11.6 Å². The highest BCUT2D eigenvalue weighted by atomic mass is 19.1. The number of carbonyl (C=O) groups excluding carboxylic acids is 1. The van der Waals surface area contributed by atoms with Gasteiger partial charge in [0.25, 0.3) is 0 Å². The molecule has 1 aromatic heterocycles. The number of aryl methyl sites for hydroxylation is 1. The number of hydrogen-bond donors (Lipinski definition) is 0. The molecule has 174 valence electrons. The Bertz CT molecular complexity index is 1150. The minimum Gasteiger partial charge on any atom is -0.366 e. The third-order valence-electron chi connectivity index (χ3n) is 7.02. The van der Waals surface area contributed by atoms with E-state index in [1.807, 2.05) is 28.0 Å². The average molecular weight is 454 g/mol. The number of nitrogens with zero attached hydrogens (tertiary/aromatic N) is 5. The molecule has 0 N–H and O–H groups in total. The predicted molar refractivity (Wildman–Crippen MR) is 124 cm³/mol. The molecule has 0 bridgehead atoms. The summed E-state index contributed by atoms with van der Waals surface area (Å²) in [4.78, 5) is 24.0. The Morgan fingerprint density at radius 1 is 1.00 bits per heavy atom. The van der Waals surface area contributed by atoms with Crippen molar-refractivity contribution < 1.29 is 13.6 Å². The minimum atomic E-state index is -0.576. The zero-order valence-electron chi connectivity index (χ0n) is 18.9. The summed E-state index contributed by atoms with van der Waals surface area (Å²) in [5.41, 5.74) is 2.55. The van der Waals surface area contributed by atoms with Gasteiger partial charge in [-0.25, -0.2) is 13.8 Å². The molecule has 33 heavy (non-hydrogen) atoms. The first-order valence-electron chi connectivity index (χ1n) is 11.6. The van der Waals surface area contributed by atoms with Gasteiger partial charge in [-0.2, -0.15) is 0 Å². The predicted octanol–water partition coefficient (Wildman–Crippen LogP) is 3.41. The zero-order chi connectivity index (χ0) is 22.9. The number of anilines is 1. The van der Waals surface area contributed by atoms with Crippen molar-refractivity contribution in [2.24, 2.45) is 13.0 Å². The van der Waals surface area contributed by atoms with Gasteiger partial charge in [-0.3, -0.25) is 9.69 Å². The maximum absolute atomic E-state index is 14.1. The zero-order valence-corrected chi connectivity index (χ0v) is 18.9. The van der Waals surface area contributed by atoms with Gasteiger partial charge in [0.2, 0.25) is 5.91 Å². The number of aromatic nitrogens is 2. The lowest BCUT2D eigenvalue weighted by molar-refractivity contribution is -0.137. The molecule has 2 aliphatic rings. The second-order valence-electron chi connectivity index (χ2n) is 9.03. The molecule has 6 nitrogen and oxygen atoms in total. The number of piperidine rings is 1. The van der Waals surface area contributed by atoms with Crippen LogP contribution in [0.25, 0.3) is 11.0 Å². The van der Waals surface area contributed by atoms with E-state index in [4.69, 9.17) is 4.98 Å². The van der Waals surface area contributed by atoms with E-state index in [1.54, 1.807) is 0 Å². The van der Waals surface area contributed by atoms with Crippen LogP contribution in [0.15, 0.2) is 42.5 Å². The van der Waals surface area contributed by atoms with Gasteiger partial charge in [-0.15, -0.1) is 0 Å². The van der Waals surface area contributed by atoms with E-state index in [9.17, 15) is 13.6 Å². The van der Waals surface area contributed by atoms with Crippen molar-refractivity contribution in [2.75, 3.05) is 44.2 Å². The highest BCUT2D eigenvalue weighted by Gasteiger charge is 2.31. The maximum Gasteiger partial charge on any atom is 0.225 e. The van der Waals surface area contributed by atoms with E-state index in [0.717, 1.165) is 55.4 Å². The molecule has 1 amide bonds. The Labute approximate surface area is 192 Å². The molecule has 2 aromatic carbocycles. The first-order chi connectivity index (χ1) is 16.0. The Morgan fingerprint density at radius 3 is 2.42 bits per heavy atom. The first kappa shape index (κ1) is 21.8. The Balaban J connectivity index is 1.13. The lowest BCUT2D eigenvalue weighted by Crippen LogP contribution is -2.51. The third-order valence-corrected chi connectivity index (χ3v) is 7.02. The SMILES string of the molecule is Cn1c(CN2CCC(C(=O)N3CCN(c4ccc(F)cc4F)CC3)CC2)nc2ccccc21. The summed E-state index contributed by atoms with van der Waals surface area (Å²) in [7, 11) is 2.05. The summed E-state index contributed by atoms with van der Waals surface area (Å²) in [5.74, 6) is 0.160. The van der Waals surface area contributed by atoms with Gasteiger partial charge < -0.3 is 14.4 Å². The minimum absolute atomic E-state index is 0.0378. The number of benzene rings is 2. The number of amides is 1. The van der Waals surface area contributed by atoms with Gasteiger partial charge >= 0.3 is 0 Å². The summed E-state index contributed by atoms with van der Waals surface area (Å²) < 4.78 is 29.4. The largest absolute Gasteiger partial charge is 0.366 e. The molecule has 8 heteroatoms. The van der Waals surface area contributed by atoms with Crippen LogP contribution in [0.5, 0.6) is 0 Å². The van der Waals surface area contributed by atoms with Crippen LogP contribution in [0.2, 0.25) is 0 Å². The van der Waals surface area contributed by atoms with Gasteiger partial charge in [0.15, 0.2) is 0 Å². The van der Waals surface area contributed by atoms with Gasteiger partial charge in [-0.05, 0) is 50.2 Å². The number of para-hydroxylation sites is 2. The normalized spacial score (nSPS) is 18.3. The summed E-state index contributed by atoms with van der Waals surface area (Å²) in [6.45, 7) is 4.78. The number of halogens is 2. The Kier molecular flexibility index (Phi) is 6.01. The van der Waals surface area contributed by atoms with E-state index in [2.05, 4.69) is 22.6 Å². The van der Waals surface area contributed by atoms with Crippen LogP contribution in [0.4, 0.5) is 14.5 Å². The van der Waals surface area contributed by atoms with Gasteiger partial charge in [0.05, 0.1) is 23.3 Å². The second kappa shape index (κ2) is 9.09. The highest BCUT2D eigenvalue weighted by molar-refractivity contribution is 5.79. The third kappa shape index (κ3) is 4.44. The molecular weight excluding hydrogens is 424 g/mol. The Hall–Kier alpha value is -3.00. The van der Waals surface area contributed by atoms with Crippen molar-refractivity contribution in [3.05, 3.63) is 59.9 Å². The standard InChI is InChI=1S/C25H29F2N5O/c1-29-23-5-3-2-4-21(23)28-24(29)17-30-10-8-18(9-11-30)25(33)32-14-12-31(13-15-32)22-7-6-19(26)16-20(22)27/h2-7,16,18H,8-15,17H2,1H3. The first-order valence-corrected chi connectivity index (χ1v) is 11.6. The van der Waals surface area contributed by atoms with Crippen LogP contribution in [0.1, 0.15) is 18.7 Å². The van der Waals surface area contributed by atoms with Crippen molar-refractivity contribution in [3.63, 3.8) is 0 Å². The van der Waals surface area contributed by atoms with E-state index in [0.29, 0.717) is 31.9 Å². The fourth-order valence-electron chi connectivity index (χ4n) is 5.04. The number of fused-ring (bicyclic) bond motifs is 1. The van der Waals surface area contributed by atoms with Crippen molar-refractivity contribution in [2.45, 2.75) is 19.4 Å². The van der Waals surface area contributed by atoms with Crippen molar-refractivity contribution in [1.82, 2.24) is 19.4 Å². The number of rotatable bonds is 4. The number of likely N-dealkylation sites (tertiary alicyclic amines) is 1. The second-order valence-corrected chi connectivity index (χ2v) is 9.03. The van der Waals surface area contributed by atoms with E-state index in [-0.39, 0.29) is 11.8 Å². The quantitative estimate of drug-likeness (QED) is 0.607. The van der Waals surface area contributed by atoms with Crippen LogP contribution in [-0.4, -0.2) is 64.5 Å². The molecule has 0 aliphatic carbocycles. The van der Waals surface area contributed by atoms with Crippen LogP contribution in [-0.2, 0) is 18.4 Å². The average Bonchev–Trinajstić information content (AvgIpc) is 3.14. The van der Waals surface area contributed by atoms with Crippen molar-refractivity contribution in [3.8, 4) is 0 Å². The lowest BCUT2D eigenvalue weighted by Gasteiger charge is -2.39. The molecule has 0 unspecified atom stereocenters. The van der Waals surface area contributed by atoms with Gasteiger partial charge in [0.1, 0.15) is 17.5 Å². The molecule has 2 saturated heterocycles. The summed E-state index contributed by atoms with van der Waals surface area (Å²) in [6, 6.07) is 11.8. The number of piperazine rings is 1. The van der Waals surface area contributed by atoms with E-state index in [1.165, 1.54) is 12.1 Å². The monoisotopic (exact) mass is 453 g/mol. The molecular formula is C25H29F2N5O. The van der Waals surface area contributed by atoms with Gasteiger partial charge in [-0.1, -0.05) is 12.1 Å². The van der Waals surface area contributed by atoms with Crippen LogP contribution in [0.3, 0.4) is 0 Å². The van der Waals surface area contributed by atoms with Crippen molar-refractivity contribution in [1.29, 1.82) is 0 Å². The van der Waals surface area contributed by atoms with Crippen molar-refractivity contribution >= 4 is 22.6 Å². The Morgan fingerprint density at radius 2 is 1.73 bits per heavy atom. The van der Waals surface area contributed by atoms with Crippen LogP contribution >= 0.6 is 0 Å². The van der Waals surface area contributed by atoms with Crippen LogP contribution in [0, 0.1) is 17.6 Å². The molecule has 0 saturated carbocycles. The smallest absolute Gasteiger partial charge is 0.225 e. The molecule has 0 spiro atoms. The molecule has 0 radical (unpaired) electrons. The topological polar surface area (TPSA) is 44.6 Å². The fourth-order valence-corrected chi connectivity index (χ4v) is 5.04. The number of imidazole rings is 1. The maximum atomic E-state index is 14.1. The summed E-state index contributed by atoms with van der Waals surface area (Å²) in [6.07, 6.45) is 1.69. The number of carbonyl (C=O) groups is 1. The fraction of sp³-hybridized carbons (Fsp3) is 0.440. The molecule has 3 heterocycles. The molecule has 2 fully saturated rings.